The highest BCUT2D eigenvalue weighted by molar-refractivity contribution is 7.09. The molecule has 4 nitrogen and oxygen atoms in total. The van der Waals surface area contributed by atoms with Crippen LogP contribution in [0.3, 0.4) is 0 Å². The van der Waals surface area contributed by atoms with Crippen molar-refractivity contribution in [2.45, 2.75) is 26.4 Å². The molecule has 1 atom stereocenters. The van der Waals surface area contributed by atoms with E-state index < -0.39 is 0 Å². The number of nitrogens with one attached hydrogen (secondary N) is 1. The van der Waals surface area contributed by atoms with Crippen LogP contribution in [0.4, 0.5) is 5.69 Å². The maximum absolute atomic E-state index is 12.6. The van der Waals surface area contributed by atoms with Gasteiger partial charge >= 0.3 is 0 Å². The second-order valence-electron chi connectivity index (χ2n) is 5.96. The van der Waals surface area contributed by atoms with Gasteiger partial charge in [-0.05, 0) is 32.3 Å². The minimum atomic E-state index is -0.244. The molecule has 0 saturated carbocycles. The zero-order chi connectivity index (χ0) is 17.1. The van der Waals surface area contributed by atoms with Gasteiger partial charge in [0.2, 0.25) is 5.91 Å². The quantitative estimate of drug-likeness (QED) is 0.762. The first-order valence-corrected chi connectivity index (χ1v) is 8.82. The molecule has 0 aliphatic carbocycles. The SMILES string of the molecule is Cc1nc(CN(C)C(C)C(=O)Nc2cccc3ccccc23)cs1. The molecular weight excluding hydrogens is 318 g/mol. The van der Waals surface area contributed by atoms with E-state index >= 15 is 0 Å². The van der Waals surface area contributed by atoms with E-state index in [9.17, 15) is 4.79 Å². The van der Waals surface area contributed by atoms with Crippen LogP contribution in [0.25, 0.3) is 10.8 Å². The summed E-state index contributed by atoms with van der Waals surface area (Å²) in [6.45, 7) is 4.57. The molecule has 3 rings (SSSR count). The van der Waals surface area contributed by atoms with Crippen molar-refractivity contribution in [3.05, 3.63) is 58.5 Å². The van der Waals surface area contributed by atoms with Gasteiger partial charge in [-0.3, -0.25) is 9.69 Å². The van der Waals surface area contributed by atoms with Gasteiger partial charge in [0.05, 0.1) is 16.7 Å². The number of fused-ring (bicyclic) bond motifs is 1. The van der Waals surface area contributed by atoms with Crippen molar-refractivity contribution in [1.29, 1.82) is 0 Å². The monoisotopic (exact) mass is 339 g/mol. The summed E-state index contributed by atoms with van der Waals surface area (Å²) >= 11 is 1.63. The van der Waals surface area contributed by atoms with Crippen LogP contribution in [-0.2, 0) is 11.3 Å². The van der Waals surface area contributed by atoms with Gasteiger partial charge in [-0.1, -0.05) is 36.4 Å². The Morgan fingerprint density at radius 3 is 2.75 bits per heavy atom. The lowest BCUT2D eigenvalue weighted by Crippen LogP contribution is -2.39. The number of benzene rings is 2. The molecule has 1 heterocycles. The van der Waals surface area contributed by atoms with Crippen molar-refractivity contribution in [1.82, 2.24) is 9.88 Å². The zero-order valence-electron chi connectivity index (χ0n) is 14.1. The summed E-state index contributed by atoms with van der Waals surface area (Å²) in [7, 11) is 1.95. The number of aromatic nitrogens is 1. The number of carbonyl (C=O) groups is 1. The molecule has 5 heteroatoms. The lowest BCUT2D eigenvalue weighted by Gasteiger charge is -2.23. The molecule has 1 N–H and O–H groups in total. The molecule has 24 heavy (non-hydrogen) atoms. The van der Waals surface area contributed by atoms with E-state index in [-0.39, 0.29) is 11.9 Å². The smallest absolute Gasteiger partial charge is 0.241 e. The van der Waals surface area contributed by atoms with E-state index in [0.29, 0.717) is 6.54 Å². The standard InChI is InChI=1S/C19H21N3OS/c1-13(22(3)11-16-12-24-14(2)20-16)19(23)21-18-10-6-8-15-7-4-5-9-17(15)18/h4-10,12-13H,11H2,1-3H3,(H,21,23). The van der Waals surface area contributed by atoms with Crippen molar-refractivity contribution in [2.24, 2.45) is 0 Å². The summed E-state index contributed by atoms with van der Waals surface area (Å²) in [6.07, 6.45) is 0. The Bertz CT molecular complexity index is 853. The summed E-state index contributed by atoms with van der Waals surface area (Å²) < 4.78 is 0. The normalized spacial score (nSPS) is 12.5. The Morgan fingerprint density at radius 1 is 1.25 bits per heavy atom. The number of nitrogens with zero attached hydrogens (tertiary/aromatic N) is 2. The largest absolute Gasteiger partial charge is 0.324 e. The fraction of sp³-hybridized carbons (Fsp3) is 0.263. The zero-order valence-corrected chi connectivity index (χ0v) is 14.9. The summed E-state index contributed by atoms with van der Waals surface area (Å²) in [5.74, 6) is -0.0131. The maximum atomic E-state index is 12.6. The van der Waals surface area contributed by atoms with Crippen molar-refractivity contribution < 1.29 is 4.79 Å². The highest BCUT2D eigenvalue weighted by Crippen LogP contribution is 2.23. The Labute approximate surface area is 146 Å². The summed E-state index contributed by atoms with van der Waals surface area (Å²) in [5.41, 5.74) is 1.85. The van der Waals surface area contributed by atoms with Crippen LogP contribution in [0.1, 0.15) is 17.6 Å². The highest BCUT2D eigenvalue weighted by Gasteiger charge is 2.19. The average molecular weight is 339 g/mol. The fourth-order valence-electron chi connectivity index (χ4n) is 2.65. The Balaban J connectivity index is 1.71. The van der Waals surface area contributed by atoms with Crippen LogP contribution in [-0.4, -0.2) is 28.9 Å². The molecule has 3 aromatic rings. The number of aryl methyl sites for hydroxylation is 1. The third kappa shape index (κ3) is 3.63. The molecule has 0 fully saturated rings. The van der Waals surface area contributed by atoms with Crippen molar-refractivity contribution >= 4 is 33.7 Å². The predicted molar refractivity (Wildman–Crippen MR) is 100 cm³/mol. The van der Waals surface area contributed by atoms with Crippen LogP contribution in [0.2, 0.25) is 0 Å². The van der Waals surface area contributed by atoms with Gasteiger partial charge in [0.25, 0.3) is 0 Å². The number of anilines is 1. The molecule has 0 aliphatic heterocycles. The Hall–Kier alpha value is -2.24. The first-order valence-electron chi connectivity index (χ1n) is 7.94. The minimum absolute atomic E-state index is 0.0131. The van der Waals surface area contributed by atoms with Gasteiger partial charge in [0.15, 0.2) is 0 Å². The number of carbonyl (C=O) groups excluding carboxylic acids is 1. The second-order valence-corrected chi connectivity index (χ2v) is 7.03. The number of likely N-dealkylation sites (N-methyl/N-ethyl adjacent to an activating group) is 1. The van der Waals surface area contributed by atoms with Gasteiger partial charge in [0, 0.05) is 23.0 Å². The van der Waals surface area contributed by atoms with Gasteiger partial charge in [-0.15, -0.1) is 11.3 Å². The van der Waals surface area contributed by atoms with E-state index in [2.05, 4.69) is 10.3 Å². The molecule has 124 valence electrons. The lowest BCUT2D eigenvalue weighted by atomic mass is 10.1. The third-order valence-electron chi connectivity index (χ3n) is 4.17. The van der Waals surface area contributed by atoms with E-state index in [4.69, 9.17) is 0 Å². The van der Waals surface area contributed by atoms with Crippen LogP contribution in [0, 0.1) is 6.92 Å². The topological polar surface area (TPSA) is 45.2 Å². The first kappa shape index (κ1) is 16.6. The third-order valence-corrected chi connectivity index (χ3v) is 4.99. The summed E-state index contributed by atoms with van der Waals surface area (Å²) in [5, 5.41) is 8.32. The molecule has 0 spiro atoms. The van der Waals surface area contributed by atoms with Crippen molar-refractivity contribution in [3.63, 3.8) is 0 Å². The molecule has 1 unspecified atom stereocenters. The average Bonchev–Trinajstić information content (AvgIpc) is 2.99. The van der Waals surface area contributed by atoms with Gasteiger partial charge in [0.1, 0.15) is 0 Å². The molecule has 1 aromatic heterocycles. The predicted octanol–water partition coefficient (Wildman–Crippen LogP) is 4.06. The molecule has 1 amide bonds. The van der Waals surface area contributed by atoms with Crippen LogP contribution in [0.15, 0.2) is 47.8 Å². The Kier molecular flexibility index (Phi) is 4.92. The lowest BCUT2D eigenvalue weighted by molar-refractivity contribution is -0.120. The molecule has 0 radical (unpaired) electrons. The fourth-order valence-corrected chi connectivity index (χ4v) is 3.25. The minimum Gasteiger partial charge on any atom is -0.324 e. The molecule has 2 aromatic carbocycles. The summed E-state index contributed by atoms with van der Waals surface area (Å²) in [4.78, 5) is 19.1. The van der Waals surface area contributed by atoms with E-state index in [1.54, 1.807) is 11.3 Å². The molecule has 0 bridgehead atoms. The van der Waals surface area contributed by atoms with Crippen LogP contribution < -0.4 is 5.32 Å². The number of hydrogen-bond donors (Lipinski definition) is 1. The van der Waals surface area contributed by atoms with Gasteiger partial charge in [-0.25, -0.2) is 4.98 Å². The van der Waals surface area contributed by atoms with E-state index in [1.165, 1.54) is 0 Å². The Morgan fingerprint density at radius 2 is 2.00 bits per heavy atom. The first-order chi connectivity index (χ1) is 11.5. The number of hydrogen-bond acceptors (Lipinski definition) is 4. The summed E-state index contributed by atoms with van der Waals surface area (Å²) in [6, 6.07) is 13.8. The van der Waals surface area contributed by atoms with Crippen molar-refractivity contribution in [3.8, 4) is 0 Å². The second kappa shape index (κ2) is 7.11. The number of amides is 1. The van der Waals surface area contributed by atoms with Crippen LogP contribution in [0.5, 0.6) is 0 Å². The van der Waals surface area contributed by atoms with Crippen LogP contribution >= 0.6 is 11.3 Å². The van der Waals surface area contributed by atoms with E-state index in [0.717, 1.165) is 27.2 Å². The molecule has 0 saturated heterocycles. The van der Waals surface area contributed by atoms with Crippen molar-refractivity contribution in [2.75, 3.05) is 12.4 Å². The number of rotatable bonds is 5. The van der Waals surface area contributed by atoms with E-state index in [1.807, 2.05) is 73.6 Å². The maximum Gasteiger partial charge on any atom is 0.241 e. The van der Waals surface area contributed by atoms with Gasteiger partial charge in [-0.2, -0.15) is 0 Å². The molecular formula is C19H21N3OS. The number of thiazole rings is 1. The molecule has 0 aliphatic rings. The van der Waals surface area contributed by atoms with Gasteiger partial charge < -0.3 is 5.32 Å². The highest BCUT2D eigenvalue weighted by atomic mass is 32.1.